The number of hydrogen-bond donors (Lipinski definition) is 2. The van der Waals surface area contributed by atoms with Gasteiger partial charge in [0.25, 0.3) is 0 Å². The Hall–Kier alpha value is -1.87. The van der Waals surface area contributed by atoms with Gasteiger partial charge in [0.05, 0.1) is 5.56 Å². The summed E-state index contributed by atoms with van der Waals surface area (Å²) in [6.45, 7) is 24.2. The highest BCUT2D eigenvalue weighted by Crippen LogP contribution is 2.71. The van der Waals surface area contributed by atoms with E-state index in [4.69, 9.17) is 0 Å². The fraction of sp³-hybridized carbons (Fsp3) is 0.711. The van der Waals surface area contributed by atoms with E-state index in [1.807, 2.05) is 12.1 Å². The third-order valence-electron chi connectivity index (χ3n) is 14.0. The summed E-state index contributed by atoms with van der Waals surface area (Å²) in [4.78, 5) is 11.6. The van der Waals surface area contributed by atoms with Gasteiger partial charge >= 0.3 is 5.97 Å². The van der Waals surface area contributed by atoms with Crippen LogP contribution in [0.25, 0.3) is 5.57 Å². The van der Waals surface area contributed by atoms with Gasteiger partial charge in [-0.05, 0) is 145 Å². The van der Waals surface area contributed by atoms with Gasteiger partial charge in [-0.3, -0.25) is 0 Å². The molecule has 9 unspecified atom stereocenters. The van der Waals surface area contributed by atoms with E-state index in [2.05, 4.69) is 68.0 Å². The molecule has 1 aromatic rings. The molecule has 2 N–H and O–H groups in total. The standard InChI is InChI=1S/C38H56O3/c1-10-32-35(6,7)30(28-12-11-26(34(40)41)21-24(28)4)16-17-37(32,9)29-13-14-31-33-27(23(2)3)15-18-38(33,22-39)20-19-36(31,8)25(29)5/h11-12,16,21,25,27,29,31-33,39H,2,10,13-15,17-20,22H2,1,3-9H3,(H,40,41). The monoisotopic (exact) mass is 560 g/mol. The average molecular weight is 561 g/mol. The van der Waals surface area contributed by atoms with Gasteiger partial charge in [0.15, 0.2) is 0 Å². The van der Waals surface area contributed by atoms with Crippen molar-refractivity contribution < 1.29 is 15.0 Å². The molecule has 0 amide bonds. The van der Waals surface area contributed by atoms with E-state index in [9.17, 15) is 15.0 Å². The van der Waals surface area contributed by atoms with Crippen molar-refractivity contribution in [2.45, 2.75) is 107 Å². The molecule has 0 saturated heterocycles. The number of aliphatic hydroxyl groups is 1. The van der Waals surface area contributed by atoms with Gasteiger partial charge in [-0.2, -0.15) is 0 Å². The topological polar surface area (TPSA) is 57.5 Å². The number of fused-ring (bicyclic) bond motifs is 3. The lowest BCUT2D eigenvalue weighted by Gasteiger charge is -2.65. The van der Waals surface area contributed by atoms with Crippen LogP contribution >= 0.6 is 0 Å². The number of carboxylic acid groups (broad SMARTS) is 1. The molecule has 0 aromatic heterocycles. The Balaban J connectivity index is 1.50. The maximum atomic E-state index is 11.6. The second-order valence-corrected chi connectivity index (χ2v) is 16.0. The quantitative estimate of drug-likeness (QED) is 0.341. The minimum atomic E-state index is -0.861. The number of aryl methyl sites for hydroxylation is 1. The van der Waals surface area contributed by atoms with Crippen LogP contribution in [0, 0.1) is 64.1 Å². The summed E-state index contributed by atoms with van der Waals surface area (Å²) in [5, 5.41) is 20.3. The van der Waals surface area contributed by atoms with E-state index in [-0.39, 0.29) is 16.2 Å². The molecule has 3 heteroatoms. The number of aliphatic hydroxyl groups excluding tert-OH is 1. The SMILES string of the molecule is C=C(C)C1CCC2(CO)CCC3(C)C(C)C(C4(C)CC=C(c5ccc(C(=O)O)cc5C)C(C)(C)C4CC)CCC3C12. The molecule has 3 fully saturated rings. The van der Waals surface area contributed by atoms with Crippen molar-refractivity contribution in [1.82, 2.24) is 0 Å². The number of rotatable bonds is 6. The van der Waals surface area contributed by atoms with E-state index in [1.165, 1.54) is 48.8 Å². The van der Waals surface area contributed by atoms with Crippen LogP contribution in [0.4, 0.5) is 0 Å². The molecule has 0 bridgehead atoms. The third kappa shape index (κ3) is 4.42. The number of benzene rings is 1. The smallest absolute Gasteiger partial charge is 0.335 e. The zero-order valence-corrected chi connectivity index (χ0v) is 27.1. The average Bonchev–Trinajstić information content (AvgIpc) is 3.30. The van der Waals surface area contributed by atoms with E-state index in [0.717, 1.165) is 24.8 Å². The van der Waals surface area contributed by atoms with Crippen LogP contribution < -0.4 is 0 Å². The first kappa shape index (κ1) is 30.6. The Morgan fingerprint density at radius 2 is 1.71 bits per heavy atom. The highest BCUT2D eigenvalue weighted by Gasteiger charge is 2.64. The fourth-order valence-corrected chi connectivity index (χ4v) is 11.9. The molecule has 3 saturated carbocycles. The van der Waals surface area contributed by atoms with E-state index in [1.54, 1.807) is 6.07 Å². The van der Waals surface area contributed by atoms with Crippen LogP contribution in [-0.2, 0) is 0 Å². The van der Waals surface area contributed by atoms with Gasteiger partial charge in [0.1, 0.15) is 0 Å². The second kappa shape index (κ2) is 10.4. The van der Waals surface area contributed by atoms with Crippen LogP contribution in [0.5, 0.6) is 0 Å². The van der Waals surface area contributed by atoms with E-state index in [0.29, 0.717) is 53.1 Å². The largest absolute Gasteiger partial charge is 0.478 e. The Morgan fingerprint density at radius 1 is 1.02 bits per heavy atom. The van der Waals surface area contributed by atoms with E-state index < -0.39 is 5.97 Å². The third-order valence-corrected chi connectivity index (χ3v) is 14.0. The Labute approximate surface area is 249 Å². The summed E-state index contributed by atoms with van der Waals surface area (Å²) < 4.78 is 0. The predicted octanol–water partition coefficient (Wildman–Crippen LogP) is 9.58. The number of allylic oxidation sites excluding steroid dienone is 3. The minimum Gasteiger partial charge on any atom is -0.478 e. The molecule has 4 aliphatic carbocycles. The van der Waals surface area contributed by atoms with Gasteiger partial charge in [0, 0.05) is 6.61 Å². The Kier molecular flexibility index (Phi) is 7.75. The lowest BCUT2D eigenvalue weighted by atomic mass is 9.40. The van der Waals surface area contributed by atoms with Crippen molar-refractivity contribution in [3.8, 4) is 0 Å². The predicted molar refractivity (Wildman–Crippen MR) is 170 cm³/mol. The normalized spacial score (nSPS) is 41.7. The molecule has 226 valence electrons. The molecule has 3 nitrogen and oxygen atoms in total. The Morgan fingerprint density at radius 3 is 2.29 bits per heavy atom. The zero-order chi connectivity index (χ0) is 30.1. The fourth-order valence-electron chi connectivity index (χ4n) is 11.9. The molecule has 4 aliphatic rings. The van der Waals surface area contributed by atoms with Crippen molar-refractivity contribution in [2.24, 2.45) is 57.2 Å². The van der Waals surface area contributed by atoms with Gasteiger partial charge in [0.2, 0.25) is 0 Å². The summed E-state index contributed by atoms with van der Waals surface area (Å²) in [6, 6.07) is 5.66. The van der Waals surface area contributed by atoms with Gasteiger partial charge in [-0.15, -0.1) is 0 Å². The molecule has 5 rings (SSSR count). The molecule has 9 atom stereocenters. The molecular weight excluding hydrogens is 504 g/mol. The van der Waals surface area contributed by atoms with Crippen molar-refractivity contribution in [2.75, 3.05) is 6.61 Å². The lowest BCUT2D eigenvalue weighted by Crippen LogP contribution is -2.58. The summed E-state index contributed by atoms with van der Waals surface area (Å²) in [7, 11) is 0. The summed E-state index contributed by atoms with van der Waals surface area (Å²) in [6.07, 6.45) is 12.1. The van der Waals surface area contributed by atoms with Crippen molar-refractivity contribution in [3.05, 3.63) is 53.1 Å². The molecule has 0 radical (unpaired) electrons. The lowest BCUT2D eigenvalue weighted by molar-refractivity contribution is -0.154. The van der Waals surface area contributed by atoms with Gasteiger partial charge in [-0.25, -0.2) is 4.79 Å². The first-order chi connectivity index (χ1) is 19.2. The van der Waals surface area contributed by atoms with Crippen LogP contribution in [0.1, 0.15) is 121 Å². The summed E-state index contributed by atoms with van der Waals surface area (Å²) >= 11 is 0. The maximum absolute atomic E-state index is 11.6. The maximum Gasteiger partial charge on any atom is 0.335 e. The molecule has 1 aromatic carbocycles. The van der Waals surface area contributed by atoms with Crippen LogP contribution in [0.2, 0.25) is 0 Å². The number of hydrogen-bond acceptors (Lipinski definition) is 2. The highest BCUT2D eigenvalue weighted by molar-refractivity contribution is 5.89. The molecular formula is C38H56O3. The van der Waals surface area contributed by atoms with Gasteiger partial charge < -0.3 is 10.2 Å². The molecule has 0 aliphatic heterocycles. The number of aromatic carboxylic acids is 1. The van der Waals surface area contributed by atoms with Crippen molar-refractivity contribution in [1.29, 1.82) is 0 Å². The Bertz CT molecular complexity index is 1240. The minimum absolute atomic E-state index is 0.0101. The number of carbonyl (C=O) groups is 1. The summed E-state index contributed by atoms with van der Waals surface area (Å²) in [5.41, 5.74) is 5.96. The number of carboxylic acids is 1. The second-order valence-electron chi connectivity index (χ2n) is 16.0. The van der Waals surface area contributed by atoms with Crippen LogP contribution in [0.15, 0.2) is 36.4 Å². The van der Waals surface area contributed by atoms with Crippen LogP contribution in [-0.4, -0.2) is 22.8 Å². The van der Waals surface area contributed by atoms with Crippen LogP contribution in [0.3, 0.4) is 0 Å². The zero-order valence-electron chi connectivity index (χ0n) is 27.1. The van der Waals surface area contributed by atoms with Gasteiger partial charge in [-0.1, -0.05) is 72.3 Å². The highest BCUT2D eigenvalue weighted by atomic mass is 16.4. The first-order valence-corrected chi connectivity index (χ1v) is 16.5. The molecule has 0 heterocycles. The first-order valence-electron chi connectivity index (χ1n) is 16.5. The summed E-state index contributed by atoms with van der Waals surface area (Å²) in [5.74, 6) is 2.77. The van der Waals surface area contributed by atoms with E-state index >= 15 is 0 Å². The molecule has 0 spiro atoms. The van der Waals surface area contributed by atoms with Crippen molar-refractivity contribution in [3.63, 3.8) is 0 Å². The molecule has 41 heavy (non-hydrogen) atoms. The van der Waals surface area contributed by atoms with Crippen molar-refractivity contribution >= 4 is 11.5 Å².